The zero-order valence-corrected chi connectivity index (χ0v) is 13.7. The van der Waals surface area contributed by atoms with Gasteiger partial charge in [-0.05, 0) is 22.4 Å². The lowest BCUT2D eigenvalue weighted by Gasteiger charge is -2.26. The average Bonchev–Trinajstić information content (AvgIpc) is 2.56. The molecule has 2 aromatic carbocycles. The van der Waals surface area contributed by atoms with Gasteiger partial charge < -0.3 is 14.8 Å². The van der Waals surface area contributed by atoms with E-state index in [1.807, 2.05) is 36.4 Å². The fraction of sp³-hybridized carbons (Fsp3) is 0.278. The first kappa shape index (κ1) is 17.5. The number of hydrogen-bond donors (Lipinski definition) is 1. The van der Waals surface area contributed by atoms with Crippen molar-refractivity contribution in [2.24, 2.45) is 0 Å². The molecule has 0 aliphatic carbocycles. The predicted molar refractivity (Wildman–Crippen MR) is 88.1 cm³/mol. The first-order chi connectivity index (χ1) is 11.4. The summed E-state index contributed by atoms with van der Waals surface area (Å²) in [6.45, 7) is 2.53. The largest absolute Gasteiger partial charge is 0.466 e. The summed E-state index contributed by atoms with van der Waals surface area (Å²) in [4.78, 5) is 35.0. The summed E-state index contributed by atoms with van der Waals surface area (Å²) in [7, 11) is 1.20. The molecule has 2 rings (SSSR count). The van der Waals surface area contributed by atoms with E-state index in [9.17, 15) is 14.4 Å². The van der Waals surface area contributed by atoms with Gasteiger partial charge in [-0.25, -0.2) is 4.79 Å². The molecule has 1 amide bonds. The highest BCUT2D eigenvalue weighted by molar-refractivity contribution is 5.85. The van der Waals surface area contributed by atoms with Crippen LogP contribution in [-0.2, 0) is 23.9 Å². The predicted octanol–water partition coefficient (Wildman–Crippen LogP) is 2.12. The van der Waals surface area contributed by atoms with Crippen LogP contribution < -0.4 is 5.32 Å². The number of rotatable bonds is 5. The molecule has 24 heavy (non-hydrogen) atoms. The lowest BCUT2D eigenvalue weighted by Crippen LogP contribution is -2.42. The number of esters is 2. The number of carbonyl (C=O) groups excluding carboxylic acids is 3. The molecule has 0 spiro atoms. The van der Waals surface area contributed by atoms with E-state index in [1.165, 1.54) is 21.0 Å². The Morgan fingerprint density at radius 1 is 1.00 bits per heavy atom. The Balaban J connectivity index is 2.49. The number of fused-ring (bicyclic) bond motifs is 1. The number of nitrogens with one attached hydrogen (secondary N) is 1. The number of ether oxygens (including phenoxy) is 2. The van der Waals surface area contributed by atoms with Gasteiger partial charge in [0.2, 0.25) is 12.0 Å². The summed E-state index contributed by atoms with van der Waals surface area (Å²) >= 11 is 0. The van der Waals surface area contributed by atoms with Crippen LogP contribution in [0.15, 0.2) is 42.5 Å². The van der Waals surface area contributed by atoms with Gasteiger partial charge in [-0.3, -0.25) is 9.59 Å². The summed E-state index contributed by atoms with van der Waals surface area (Å²) in [5.74, 6) is -1.73. The summed E-state index contributed by atoms with van der Waals surface area (Å²) in [6.07, 6.45) is -1.27. The Morgan fingerprint density at radius 3 is 2.25 bits per heavy atom. The Hall–Kier alpha value is -2.89. The maximum Gasteiger partial charge on any atom is 0.349 e. The Morgan fingerprint density at radius 2 is 1.67 bits per heavy atom. The van der Waals surface area contributed by atoms with E-state index < -0.39 is 24.1 Å². The van der Waals surface area contributed by atoms with Crippen LogP contribution >= 0.6 is 0 Å². The van der Waals surface area contributed by atoms with Crippen LogP contribution in [0.1, 0.15) is 25.5 Å². The topological polar surface area (TPSA) is 81.7 Å². The SMILES string of the molecule is COC(=O)C(OC(C)=O)C(NC(C)=O)c1ccc2ccccc2c1. The molecule has 0 heterocycles. The number of hydrogen-bond acceptors (Lipinski definition) is 5. The minimum Gasteiger partial charge on any atom is -0.466 e. The molecule has 2 atom stereocenters. The molecule has 1 N–H and O–H groups in total. The molecular weight excluding hydrogens is 310 g/mol. The highest BCUT2D eigenvalue weighted by Gasteiger charge is 2.34. The van der Waals surface area contributed by atoms with Crippen molar-refractivity contribution in [3.63, 3.8) is 0 Å². The molecule has 0 aliphatic heterocycles. The molecule has 0 bridgehead atoms. The summed E-state index contributed by atoms with van der Waals surface area (Å²) < 4.78 is 9.82. The van der Waals surface area contributed by atoms with Crippen LogP contribution in [0.5, 0.6) is 0 Å². The van der Waals surface area contributed by atoms with Crippen molar-refractivity contribution >= 4 is 28.6 Å². The minimum absolute atomic E-state index is 0.353. The third-order valence-electron chi connectivity index (χ3n) is 3.52. The molecule has 0 aromatic heterocycles. The van der Waals surface area contributed by atoms with Gasteiger partial charge in [0.05, 0.1) is 7.11 Å². The third-order valence-corrected chi connectivity index (χ3v) is 3.52. The molecule has 126 valence electrons. The van der Waals surface area contributed by atoms with Crippen LogP contribution in [0.25, 0.3) is 10.8 Å². The highest BCUT2D eigenvalue weighted by atomic mass is 16.6. The Labute approximate surface area is 139 Å². The molecule has 2 unspecified atom stereocenters. The first-order valence-electron chi connectivity index (χ1n) is 7.43. The first-order valence-corrected chi connectivity index (χ1v) is 7.43. The monoisotopic (exact) mass is 329 g/mol. The number of carbonyl (C=O) groups is 3. The van der Waals surface area contributed by atoms with Crippen LogP contribution in [0.2, 0.25) is 0 Å². The van der Waals surface area contributed by atoms with Crippen molar-refractivity contribution in [1.29, 1.82) is 0 Å². The van der Waals surface area contributed by atoms with Crippen molar-refractivity contribution in [3.8, 4) is 0 Å². The van der Waals surface area contributed by atoms with Crippen LogP contribution in [0, 0.1) is 0 Å². The van der Waals surface area contributed by atoms with E-state index >= 15 is 0 Å². The van der Waals surface area contributed by atoms with Gasteiger partial charge in [0.25, 0.3) is 0 Å². The lowest BCUT2D eigenvalue weighted by molar-refractivity contribution is -0.167. The number of amides is 1. The van der Waals surface area contributed by atoms with E-state index in [0.29, 0.717) is 5.56 Å². The maximum absolute atomic E-state index is 12.1. The summed E-state index contributed by atoms with van der Waals surface area (Å²) in [5, 5.41) is 4.62. The van der Waals surface area contributed by atoms with Crippen molar-refractivity contribution < 1.29 is 23.9 Å². The fourth-order valence-electron chi connectivity index (χ4n) is 2.50. The van der Waals surface area contributed by atoms with E-state index in [1.54, 1.807) is 6.07 Å². The van der Waals surface area contributed by atoms with Gasteiger partial charge in [0, 0.05) is 13.8 Å². The van der Waals surface area contributed by atoms with Crippen molar-refractivity contribution in [3.05, 3.63) is 48.0 Å². The van der Waals surface area contributed by atoms with Gasteiger partial charge in [0.1, 0.15) is 6.04 Å². The second kappa shape index (κ2) is 7.59. The molecule has 0 saturated carbocycles. The summed E-state index contributed by atoms with van der Waals surface area (Å²) in [5.41, 5.74) is 0.639. The normalized spacial score (nSPS) is 13.0. The second-order valence-corrected chi connectivity index (χ2v) is 5.34. The minimum atomic E-state index is -1.27. The van der Waals surface area contributed by atoms with Gasteiger partial charge >= 0.3 is 11.9 Å². The van der Waals surface area contributed by atoms with Crippen LogP contribution in [0.3, 0.4) is 0 Å². The van der Waals surface area contributed by atoms with Crippen LogP contribution in [0.4, 0.5) is 0 Å². The molecule has 0 fully saturated rings. The maximum atomic E-state index is 12.1. The molecule has 0 saturated heterocycles. The van der Waals surface area contributed by atoms with Crippen LogP contribution in [-0.4, -0.2) is 31.1 Å². The fourth-order valence-corrected chi connectivity index (χ4v) is 2.50. The van der Waals surface area contributed by atoms with Crippen molar-refractivity contribution in [1.82, 2.24) is 5.32 Å². The van der Waals surface area contributed by atoms with E-state index in [4.69, 9.17) is 9.47 Å². The van der Waals surface area contributed by atoms with Gasteiger partial charge in [-0.2, -0.15) is 0 Å². The zero-order valence-electron chi connectivity index (χ0n) is 13.7. The molecule has 2 aromatic rings. The molecule has 0 radical (unpaired) electrons. The number of benzene rings is 2. The van der Waals surface area contributed by atoms with Gasteiger partial charge in [-0.1, -0.05) is 36.4 Å². The van der Waals surface area contributed by atoms with Crippen molar-refractivity contribution in [2.45, 2.75) is 26.0 Å². The quantitative estimate of drug-likeness (QED) is 0.850. The van der Waals surface area contributed by atoms with E-state index in [0.717, 1.165) is 10.8 Å². The van der Waals surface area contributed by atoms with E-state index in [-0.39, 0.29) is 5.91 Å². The molecule has 6 heteroatoms. The molecule has 0 aliphatic rings. The smallest absolute Gasteiger partial charge is 0.349 e. The molecule has 6 nitrogen and oxygen atoms in total. The van der Waals surface area contributed by atoms with Crippen molar-refractivity contribution in [2.75, 3.05) is 7.11 Å². The van der Waals surface area contributed by atoms with Gasteiger partial charge in [0.15, 0.2) is 0 Å². The van der Waals surface area contributed by atoms with Gasteiger partial charge in [-0.15, -0.1) is 0 Å². The second-order valence-electron chi connectivity index (χ2n) is 5.34. The number of methoxy groups -OCH3 is 1. The van der Waals surface area contributed by atoms with E-state index in [2.05, 4.69) is 5.32 Å². The average molecular weight is 329 g/mol. The highest BCUT2D eigenvalue weighted by Crippen LogP contribution is 2.25. The Bertz CT molecular complexity index is 771. The molecular formula is C18H19NO5. The Kier molecular flexibility index (Phi) is 5.52. The zero-order chi connectivity index (χ0) is 17.7. The summed E-state index contributed by atoms with van der Waals surface area (Å²) in [6, 6.07) is 12.3. The third kappa shape index (κ3) is 4.10. The lowest BCUT2D eigenvalue weighted by atomic mass is 9.97. The standard InChI is InChI=1S/C18H19NO5/c1-11(20)19-16(17(18(22)23-3)24-12(2)21)15-9-8-13-6-4-5-7-14(13)10-15/h4-10,16-17H,1-3H3,(H,19,20).